The van der Waals surface area contributed by atoms with E-state index in [9.17, 15) is 14.4 Å². The van der Waals surface area contributed by atoms with E-state index >= 15 is 0 Å². The molecule has 0 aliphatic heterocycles. The van der Waals surface area contributed by atoms with Crippen LogP contribution in [0.5, 0.6) is 0 Å². The molecule has 0 unspecified atom stereocenters. The lowest BCUT2D eigenvalue weighted by Crippen LogP contribution is -2.30. The maximum atomic E-state index is 12.8. The number of allylic oxidation sites excluding steroid dienone is 18. The van der Waals surface area contributed by atoms with Gasteiger partial charge in [-0.1, -0.05) is 214 Å². The van der Waals surface area contributed by atoms with E-state index in [1.54, 1.807) is 0 Å². The van der Waals surface area contributed by atoms with Gasteiger partial charge in [0.1, 0.15) is 13.2 Å². The van der Waals surface area contributed by atoms with Crippen LogP contribution in [-0.4, -0.2) is 37.2 Å². The third kappa shape index (κ3) is 52.9. The first-order valence-electron chi connectivity index (χ1n) is 27.4. The normalized spacial score (nSPS) is 12.9. The SMILES string of the molecule is CC/C=C\C/C=C\C/C=C\C/C=C\C/C=C\CCCC(=O)OC[C@@H](COC(=O)CCCCCCC/C=C\C/C=C\C/C=C\CC)OC(=O)CCCCCCCCC/C=C\CCCCCCCC. The number of hydrogen-bond acceptors (Lipinski definition) is 6. The Kier molecular flexibility index (Phi) is 51.5. The minimum absolute atomic E-state index is 0.108. The Labute approximate surface area is 412 Å². The van der Waals surface area contributed by atoms with Gasteiger partial charge >= 0.3 is 17.9 Å². The topological polar surface area (TPSA) is 78.9 Å². The molecule has 0 aliphatic carbocycles. The first-order valence-corrected chi connectivity index (χ1v) is 27.4. The number of hydrogen-bond donors (Lipinski definition) is 0. The molecule has 380 valence electrons. The van der Waals surface area contributed by atoms with Crippen molar-refractivity contribution in [3.8, 4) is 0 Å². The summed E-state index contributed by atoms with van der Waals surface area (Å²) in [6.45, 7) is 6.34. The van der Waals surface area contributed by atoms with Crippen LogP contribution >= 0.6 is 0 Å². The van der Waals surface area contributed by atoms with Crippen molar-refractivity contribution in [2.24, 2.45) is 0 Å². The van der Waals surface area contributed by atoms with E-state index in [2.05, 4.69) is 130 Å². The van der Waals surface area contributed by atoms with E-state index in [4.69, 9.17) is 14.2 Å². The quantitative estimate of drug-likeness (QED) is 0.0262. The summed E-state index contributed by atoms with van der Waals surface area (Å²) in [6, 6.07) is 0. The predicted molar refractivity (Wildman–Crippen MR) is 288 cm³/mol. The van der Waals surface area contributed by atoms with E-state index in [1.807, 2.05) is 0 Å². The van der Waals surface area contributed by atoms with E-state index in [1.165, 1.54) is 77.0 Å². The third-order valence-electron chi connectivity index (χ3n) is 11.2. The van der Waals surface area contributed by atoms with E-state index < -0.39 is 6.10 Å². The van der Waals surface area contributed by atoms with Crippen molar-refractivity contribution in [1.82, 2.24) is 0 Å². The Hall–Kier alpha value is -3.93. The summed E-state index contributed by atoms with van der Waals surface area (Å²) in [4.78, 5) is 38.1. The third-order valence-corrected chi connectivity index (χ3v) is 11.2. The smallest absolute Gasteiger partial charge is 0.306 e. The molecule has 6 nitrogen and oxygen atoms in total. The Bertz CT molecular complexity index is 1390. The summed E-state index contributed by atoms with van der Waals surface area (Å²) in [6.07, 6.45) is 73.6. The van der Waals surface area contributed by atoms with Crippen molar-refractivity contribution in [3.63, 3.8) is 0 Å². The summed E-state index contributed by atoms with van der Waals surface area (Å²) in [7, 11) is 0. The summed E-state index contributed by atoms with van der Waals surface area (Å²) in [5, 5.41) is 0. The molecule has 0 N–H and O–H groups in total. The highest BCUT2D eigenvalue weighted by Crippen LogP contribution is 2.14. The highest BCUT2D eigenvalue weighted by Gasteiger charge is 2.19. The maximum Gasteiger partial charge on any atom is 0.306 e. The molecule has 0 bridgehead atoms. The molecule has 0 fully saturated rings. The van der Waals surface area contributed by atoms with Crippen molar-refractivity contribution < 1.29 is 28.6 Å². The monoisotopic (exact) mass is 929 g/mol. The molecule has 0 amide bonds. The van der Waals surface area contributed by atoms with Gasteiger partial charge in [-0.05, 0) is 116 Å². The van der Waals surface area contributed by atoms with Gasteiger partial charge in [0, 0.05) is 19.3 Å². The summed E-state index contributed by atoms with van der Waals surface area (Å²) >= 11 is 0. The molecular weight excluding hydrogens is 829 g/mol. The van der Waals surface area contributed by atoms with Crippen molar-refractivity contribution >= 4 is 17.9 Å². The van der Waals surface area contributed by atoms with Gasteiger partial charge in [0.25, 0.3) is 0 Å². The molecule has 6 heteroatoms. The molecule has 0 spiro atoms. The number of carbonyl (C=O) groups excluding carboxylic acids is 3. The van der Waals surface area contributed by atoms with E-state index in [-0.39, 0.29) is 37.5 Å². The zero-order valence-corrected chi connectivity index (χ0v) is 43.4. The second-order valence-corrected chi connectivity index (χ2v) is 17.7. The minimum Gasteiger partial charge on any atom is -0.462 e. The zero-order valence-electron chi connectivity index (χ0n) is 43.4. The number of ether oxygens (including phenoxy) is 3. The molecule has 1 atom stereocenters. The standard InChI is InChI=1S/C61H100O6/c1-4-7-10-13-16-19-22-25-28-30-33-36-39-42-45-48-51-54-60(63)66-57-58(56-65-59(62)53-50-47-44-41-38-35-32-27-24-21-18-15-12-9-6-3)67-61(64)55-52-49-46-43-40-37-34-31-29-26-23-20-17-14-11-8-5-2/h7,9-10,12,16,18-19,21,25-29,32-33,36,42,45,58H,4-6,8,11,13-15,17,20,22-24,30-31,34-35,37-41,43-44,46-57H2,1-3H3/b10-7-,12-9-,19-16-,21-18-,28-25-,29-26-,32-27-,36-33-,45-42-/t58-/m1/s1. The van der Waals surface area contributed by atoms with Crippen LogP contribution in [0.15, 0.2) is 109 Å². The average Bonchev–Trinajstić information content (AvgIpc) is 3.33. The first kappa shape index (κ1) is 63.1. The fraction of sp³-hybridized carbons (Fsp3) is 0.656. The fourth-order valence-corrected chi connectivity index (χ4v) is 7.19. The lowest BCUT2D eigenvalue weighted by atomic mass is 10.1. The fourth-order valence-electron chi connectivity index (χ4n) is 7.19. The van der Waals surface area contributed by atoms with Crippen LogP contribution in [0, 0.1) is 0 Å². The second kappa shape index (κ2) is 54.7. The van der Waals surface area contributed by atoms with Gasteiger partial charge in [-0.25, -0.2) is 0 Å². The van der Waals surface area contributed by atoms with Crippen LogP contribution in [0.25, 0.3) is 0 Å². The summed E-state index contributed by atoms with van der Waals surface area (Å²) < 4.78 is 16.8. The van der Waals surface area contributed by atoms with Gasteiger partial charge in [0.2, 0.25) is 0 Å². The lowest BCUT2D eigenvalue weighted by Gasteiger charge is -2.18. The van der Waals surface area contributed by atoms with Crippen molar-refractivity contribution in [2.75, 3.05) is 13.2 Å². The lowest BCUT2D eigenvalue weighted by molar-refractivity contribution is -0.167. The number of unbranched alkanes of at least 4 members (excludes halogenated alkanes) is 19. The highest BCUT2D eigenvalue weighted by molar-refractivity contribution is 5.71. The predicted octanol–water partition coefficient (Wildman–Crippen LogP) is 18.3. The van der Waals surface area contributed by atoms with Gasteiger partial charge in [-0.3, -0.25) is 14.4 Å². The van der Waals surface area contributed by atoms with Crippen molar-refractivity contribution in [1.29, 1.82) is 0 Å². The molecule has 0 aromatic rings. The average molecular weight is 929 g/mol. The van der Waals surface area contributed by atoms with Crippen LogP contribution in [0.1, 0.15) is 239 Å². The Morgan fingerprint density at radius 3 is 0.985 bits per heavy atom. The van der Waals surface area contributed by atoms with Crippen LogP contribution < -0.4 is 0 Å². The number of esters is 3. The minimum atomic E-state index is -0.812. The van der Waals surface area contributed by atoms with Gasteiger partial charge in [0.05, 0.1) is 0 Å². The molecular formula is C61H100O6. The van der Waals surface area contributed by atoms with E-state index in [0.717, 1.165) is 116 Å². The summed E-state index contributed by atoms with van der Waals surface area (Å²) in [5.41, 5.74) is 0. The number of rotatable bonds is 48. The zero-order chi connectivity index (χ0) is 48.6. The Balaban J connectivity index is 4.52. The number of carbonyl (C=O) groups is 3. The molecule has 0 radical (unpaired) electrons. The van der Waals surface area contributed by atoms with Crippen LogP contribution in [0.2, 0.25) is 0 Å². The molecule has 0 aromatic heterocycles. The molecule has 0 aromatic carbocycles. The maximum absolute atomic E-state index is 12.8. The van der Waals surface area contributed by atoms with Gasteiger partial charge in [0.15, 0.2) is 6.10 Å². The van der Waals surface area contributed by atoms with E-state index in [0.29, 0.717) is 19.3 Å². The largest absolute Gasteiger partial charge is 0.462 e. The van der Waals surface area contributed by atoms with Crippen LogP contribution in [0.4, 0.5) is 0 Å². The van der Waals surface area contributed by atoms with Crippen molar-refractivity contribution in [3.05, 3.63) is 109 Å². The highest BCUT2D eigenvalue weighted by atomic mass is 16.6. The summed E-state index contributed by atoms with van der Waals surface area (Å²) in [5.74, 6) is -0.990. The first-order chi connectivity index (χ1) is 33.0. The van der Waals surface area contributed by atoms with Crippen molar-refractivity contribution in [2.45, 2.75) is 245 Å². The second-order valence-electron chi connectivity index (χ2n) is 17.7. The van der Waals surface area contributed by atoms with Gasteiger partial charge in [-0.15, -0.1) is 0 Å². The molecule has 0 aliphatic rings. The van der Waals surface area contributed by atoms with Crippen LogP contribution in [0.3, 0.4) is 0 Å². The molecule has 67 heavy (non-hydrogen) atoms. The van der Waals surface area contributed by atoms with Gasteiger partial charge in [-0.2, -0.15) is 0 Å². The molecule has 0 saturated carbocycles. The Morgan fingerprint density at radius 1 is 0.313 bits per heavy atom. The van der Waals surface area contributed by atoms with Gasteiger partial charge < -0.3 is 14.2 Å². The molecule has 0 heterocycles. The molecule has 0 saturated heterocycles. The van der Waals surface area contributed by atoms with Crippen LogP contribution in [-0.2, 0) is 28.6 Å². The Morgan fingerprint density at radius 2 is 0.597 bits per heavy atom. The molecule has 0 rings (SSSR count).